The van der Waals surface area contributed by atoms with Crippen molar-refractivity contribution in [3.8, 4) is 22.4 Å². The molecule has 0 bridgehead atoms. The van der Waals surface area contributed by atoms with Crippen molar-refractivity contribution >= 4 is 23.9 Å². The normalized spacial score (nSPS) is 17.0. The van der Waals surface area contributed by atoms with Crippen LogP contribution in [0.2, 0.25) is 0 Å². The van der Waals surface area contributed by atoms with E-state index in [0.29, 0.717) is 5.82 Å². The van der Waals surface area contributed by atoms with E-state index in [0.717, 1.165) is 84.9 Å². The average molecular weight is 509 g/mol. The smallest absolute Gasteiger partial charge is 0.146 e. The Hall–Kier alpha value is -4.41. The molecule has 1 saturated heterocycles. The second-order valence-electron chi connectivity index (χ2n) is 9.25. The van der Waals surface area contributed by atoms with Gasteiger partial charge < -0.3 is 20.2 Å². The number of pyridine rings is 1. The predicted molar refractivity (Wildman–Crippen MR) is 144 cm³/mol. The van der Waals surface area contributed by atoms with Gasteiger partial charge in [-0.1, -0.05) is 12.1 Å². The van der Waals surface area contributed by atoms with Crippen molar-refractivity contribution in [3.63, 3.8) is 0 Å². The fourth-order valence-corrected chi connectivity index (χ4v) is 4.73. The van der Waals surface area contributed by atoms with Crippen LogP contribution in [0.25, 0.3) is 28.5 Å². The zero-order valence-electron chi connectivity index (χ0n) is 20.8. The van der Waals surface area contributed by atoms with Crippen molar-refractivity contribution in [2.45, 2.75) is 12.6 Å². The Balaban J connectivity index is 1.22. The monoisotopic (exact) mass is 508 g/mol. The number of nitrogens with one attached hydrogen (secondary N) is 2. The molecule has 2 aliphatic heterocycles. The van der Waals surface area contributed by atoms with Gasteiger partial charge in [0.05, 0.1) is 31.6 Å². The summed E-state index contributed by atoms with van der Waals surface area (Å²) in [6.07, 6.45) is 13.5. The number of hydrogen-bond donors (Lipinski definition) is 2. The SMILES string of the molecule is O=CC1NC=Cc2cc(-c3cncnc3)nc(Nc3ccc(-c4cnn(CCN5CCOCC5)c4)cc3)c21. The predicted octanol–water partition coefficient (Wildman–Crippen LogP) is 3.29. The fourth-order valence-electron chi connectivity index (χ4n) is 4.73. The molecule has 192 valence electrons. The molecule has 1 unspecified atom stereocenters. The van der Waals surface area contributed by atoms with Gasteiger partial charge in [-0.25, -0.2) is 15.0 Å². The van der Waals surface area contributed by atoms with E-state index in [-0.39, 0.29) is 0 Å². The fraction of sp³-hybridized carbons (Fsp3) is 0.250. The molecule has 0 aliphatic carbocycles. The van der Waals surface area contributed by atoms with Crippen LogP contribution in [0.3, 0.4) is 0 Å². The second kappa shape index (κ2) is 10.9. The molecule has 1 aromatic carbocycles. The number of aromatic nitrogens is 5. The number of nitrogens with zero attached hydrogens (tertiary/aromatic N) is 6. The topological polar surface area (TPSA) is 110 Å². The maximum Gasteiger partial charge on any atom is 0.146 e. The average Bonchev–Trinajstić information content (AvgIpc) is 3.46. The Morgan fingerprint density at radius 3 is 2.63 bits per heavy atom. The number of morpholine rings is 1. The molecule has 0 spiro atoms. The molecule has 0 amide bonds. The third-order valence-electron chi connectivity index (χ3n) is 6.80. The van der Waals surface area contributed by atoms with Gasteiger partial charge in [0.15, 0.2) is 0 Å². The summed E-state index contributed by atoms with van der Waals surface area (Å²) >= 11 is 0. The lowest BCUT2D eigenvalue weighted by Crippen LogP contribution is -2.38. The van der Waals surface area contributed by atoms with E-state index in [1.54, 1.807) is 18.6 Å². The second-order valence-corrected chi connectivity index (χ2v) is 9.25. The first kappa shape index (κ1) is 24.0. The molecule has 38 heavy (non-hydrogen) atoms. The lowest BCUT2D eigenvalue weighted by molar-refractivity contribution is -0.109. The van der Waals surface area contributed by atoms with Crippen LogP contribution in [0.5, 0.6) is 0 Å². The van der Waals surface area contributed by atoms with Gasteiger partial charge in [-0.15, -0.1) is 0 Å². The number of carbonyl (C=O) groups is 1. The molecule has 2 aliphatic rings. The quantitative estimate of drug-likeness (QED) is 0.347. The van der Waals surface area contributed by atoms with Gasteiger partial charge in [-0.3, -0.25) is 9.58 Å². The zero-order valence-corrected chi connectivity index (χ0v) is 20.8. The Bertz CT molecular complexity index is 1430. The molecular formula is C28H28N8O2. The lowest BCUT2D eigenvalue weighted by Gasteiger charge is -2.26. The highest BCUT2D eigenvalue weighted by Crippen LogP contribution is 2.34. The van der Waals surface area contributed by atoms with Crippen molar-refractivity contribution in [1.82, 2.24) is 34.9 Å². The third kappa shape index (κ3) is 5.17. The number of hydrogen-bond acceptors (Lipinski definition) is 9. The van der Waals surface area contributed by atoms with Crippen molar-refractivity contribution < 1.29 is 9.53 Å². The molecule has 0 saturated carbocycles. The summed E-state index contributed by atoms with van der Waals surface area (Å²) in [6, 6.07) is 9.59. The van der Waals surface area contributed by atoms with Crippen molar-refractivity contribution in [1.29, 1.82) is 0 Å². The summed E-state index contributed by atoms with van der Waals surface area (Å²) in [5, 5.41) is 11.1. The van der Waals surface area contributed by atoms with Gasteiger partial charge in [0, 0.05) is 60.6 Å². The number of aldehydes is 1. The number of anilines is 2. The zero-order chi connectivity index (χ0) is 25.7. The first-order chi connectivity index (χ1) is 18.8. The summed E-state index contributed by atoms with van der Waals surface area (Å²) in [5.41, 5.74) is 6.25. The Labute approximate surface area is 220 Å². The molecule has 3 aromatic heterocycles. The molecule has 0 radical (unpaired) electrons. The minimum absolute atomic E-state index is 0.492. The minimum Gasteiger partial charge on any atom is -0.379 e. The maximum atomic E-state index is 11.8. The summed E-state index contributed by atoms with van der Waals surface area (Å²) in [5.74, 6) is 0.610. The van der Waals surface area contributed by atoms with Crippen LogP contribution in [0.4, 0.5) is 11.5 Å². The van der Waals surface area contributed by atoms with Crippen molar-refractivity contribution in [2.75, 3.05) is 38.2 Å². The van der Waals surface area contributed by atoms with Crippen LogP contribution >= 0.6 is 0 Å². The molecule has 1 fully saturated rings. The number of rotatable bonds is 8. The molecule has 10 nitrogen and oxygen atoms in total. The van der Waals surface area contributed by atoms with Crippen molar-refractivity contribution in [2.24, 2.45) is 0 Å². The Morgan fingerprint density at radius 1 is 1.03 bits per heavy atom. The van der Waals surface area contributed by atoms with Crippen LogP contribution in [0.1, 0.15) is 17.2 Å². The molecule has 10 heteroatoms. The van der Waals surface area contributed by atoms with Crippen LogP contribution in [0.15, 0.2) is 67.6 Å². The van der Waals surface area contributed by atoms with Gasteiger partial charge in [-0.05, 0) is 41.6 Å². The van der Waals surface area contributed by atoms with E-state index in [4.69, 9.17) is 9.72 Å². The van der Waals surface area contributed by atoms with Gasteiger partial charge in [-0.2, -0.15) is 5.10 Å². The summed E-state index contributed by atoms with van der Waals surface area (Å²) < 4.78 is 7.42. The van der Waals surface area contributed by atoms with Gasteiger partial charge in [0.1, 0.15) is 24.5 Å². The lowest BCUT2D eigenvalue weighted by atomic mass is 9.97. The molecule has 6 rings (SSSR count). The van der Waals surface area contributed by atoms with Crippen LogP contribution in [-0.2, 0) is 16.1 Å². The minimum atomic E-state index is -0.492. The van der Waals surface area contributed by atoms with Crippen LogP contribution in [-0.4, -0.2) is 68.8 Å². The number of benzene rings is 1. The molecule has 5 heterocycles. The molecule has 4 aromatic rings. The largest absolute Gasteiger partial charge is 0.379 e. The van der Waals surface area contributed by atoms with E-state index in [1.165, 1.54) is 6.33 Å². The van der Waals surface area contributed by atoms with E-state index in [2.05, 4.69) is 48.9 Å². The van der Waals surface area contributed by atoms with Gasteiger partial charge in [0.25, 0.3) is 0 Å². The first-order valence-corrected chi connectivity index (χ1v) is 12.6. The highest BCUT2D eigenvalue weighted by atomic mass is 16.5. The van der Waals surface area contributed by atoms with E-state index in [9.17, 15) is 4.79 Å². The molecule has 1 atom stereocenters. The van der Waals surface area contributed by atoms with E-state index >= 15 is 0 Å². The number of fused-ring (bicyclic) bond motifs is 1. The van der Waals surface area contributed by atoms with Crippen molar-refractivity contribution in [3.05, 3.63) is 78.8 Å². The highest BCUT2D eigenvalue weighted by molar-refractivity contribution is 5.80. The standard InChI is InChI=1S/C28H28N8O2/c37-18-26-27-21(5-6-31-26)13-25(22-14-29-19-30-15-22)34-28(27)33-24-3-1-20(2-4-24)23-16-32-36(17-23)8-7-35-9-11-38-12-10-35/h1-6,13-19,26,31H,7-12H2,(H,33,34). The first-order valence-electron chi connectivity index (χ1n) is 12.6. The third-order valence-corrected chi connectivity index (χ3v) is 6.80. The Kier molecular flexibility index (Phi) is 6.88. The summed E-state index contributed by atoms with van der Waals surface area (Å²) in [4.78, 5) is 27.3. The van der Waals surface area contributed by atoms with E-state index < -0.39 is 6.04 Å². The van der Waals surface area contributed by atoms with Gasteiger partial charge in [0.2, 0.25) is 0 Å². The number of ether oxygens (including phenoxy) is 1. The molecular weight excluding hydrogens is 480 g/mol. The van der Waals surface area contributed by atoms with Crippen LogP contribution < -0.4 is 10.6 Å². The maximum absolute atomic E-state index is 11.8. The van der Waals surface area contributed by atoms with Gasteiger partial charge >= 0.3 is 0 Å². The Morgan fingerprint density at radius 2 is 1.84 bits per heavy atom. The van der Waals surface area contributed by atoms with Crippen LogP contribution in [0, 0.1) is 0 Å². The summed E-state index contributed by atoms with van der Waals surface area (Å²) in [6.45, 7) is 5.36. The number of carbonyl (C=O) groups excluding carboxylic acids is 1. The highest BCUT2D eigenvalue weighted by Gasteiger charge is 2.23. The van der Waals surface area contributed by atoms with E-state index in [1.807, 2.05) is 35.2 Å². The summed E-state index contributed by atoms with van der Waals surface area (Å²) in [7, 11) is 0. The molecule has 2 N–H and O–H groups in total.